The quantitative estimate of drug-likeness (QED) is 0.726. The van der Waals surface area contributed by atoms with Crippen LogP contribution in [0.25, 0.3) is 0 Å². The van der Waals surface area contributed by atoms with Crippen molar-refractivity contribution in [2.24, 2.45) is 5.41 Å². The average molecular weight is 288 g/mol. The largest absolute Gasteiger partial charge is 0.463 e. The van der Waals surface area contributed by atoms with Crippen LogP contribution in [0.3, 0.4) is 0 Å². The molecule has 20 heavy (non-hydrogen) atoms. The molecule has 1 fully saturated rings. The summed E-state index contributed by atoms with van der Waals surface area (Å²) in [5.74, 6) is -0.769. The predicted molar refractivity (Wildman–Crippen MR) is 71.1 cm³/mol. The fourth-order valence-corrected chi connectivity index (χ4v) is 2.36. The summed E-state index contributed by atoms with van der Waals surface area (Å²) in [6.07, 6.45) is -1.74. The van der Waals surface area contributed by atoms with Gasteiger partial charge in [-0.15, -0.1) is 0 Å². The summed E-state index contributed by atoms with van der Waals surface area (Å²) in [6, 6.07) is 0. The Bertz CT molecular complexity index is 359. The Kier molecular flexibility index (Phi) is 5.53. The second kappa shape index (κ2) is 6.54. The zero-order valence-corrected chi connectivity index (χ0v) is 13.0. The lowest BCUT2D eigenvalue weighted by Gasteiger charge is -2.31. The molecule has 116 valence electrons. The van der Waals surface area contributed by atoms with E-state index in [1.807, 2.05) is 20.8 Å². The van der Waals surface area contributed by atoms with Crippen LogP contribution in [0.5, 0.6) is 0 Å². The SMILES string of the molecule is CO[C@@H]1[C@@H](OC(C)=O)[C@H](C(C)(C)C)O[C@@H]1COC(C)=O. The molecule has 0 aliphatic carbocycles. The maximum absolute atomic E-state index is 11.3. The number of hydrogen-bond acceptors (Lipinski definition) is 6. The maximum Gasteiger partial charge on any atom is 0.303 e. The lowest BCUT2D eigenvalue weighted by Crippen LogP contribution is -2.43. The van der Waals surface area contributed by atoms with Gasteiger partial charge in [-0.2, -0.15) is 0 Å². The van der Waals surface area contributed by atoms with Crippen molar-refractivity contribution in [3.63, 3.8) is 0 Å². The van der Waals surface area contributed by atoms with Crippen LogP contribution in [0.15, 0.2) is 0 Å². The highest BCUT2D eigenvalue weighted by Crippen LogP contribution is 2.37. The van der Waals surface area contributed by atoms with Crippen LogP contribution < -0.4 is 0 Å². The lowest BCUT2D eigenvalue weighted by molar-refractivity contribution is -0.157. The molecule has 1 heterocycles. The predicted octanol–water partition coefficient (Wildman–Crippen LogP) is 1.31. The van der Waals surface area contributed by atoms with E-state index < -0.39 is 18.3 Å². The maximum atomic E-state index is 11.3. The van der Waals surface area contributed by atoms with Crippen molar-refractivity contribution >= 4 is 11.9 Å². The standard InChI is InChI=1S/C14H24O6/c1-8(15)18-7-10-11(17-6)12(19-9(2)16)13(20-10)14(3,4)5/h10-13H,7H2,1-6H3/t10-,11+,12-,13-/m1/s1. The van der Waals surface area contributed by atoms with E-state index in [0.717, 1.165) is 0 Å². The second-order valence-corrected chi connectivity index (χ2v) is 6.04. The first kappa shape index (κ1) is 16.9. The normalized spacial score (nSPS) is 30.1. The summed E-state index contributed by atoms with van der Waals surface area (Å²) < 4.78 is 21.7. The monoisotopic (exact) mass is 288 g/mol. The average Bonchev–Trinajstić information content (AvgIpc) is 2.63. The minimum absolute atomic E-state index is 0.0815. The smallest absolute Gasteiger partial charge is 0.303 e. The van der Waals surface area contributed by atoms with Gasteiger partial charge < -0.3 is 18.9 Å². The van der Waals surface area contributed by atoms with Gasteiger partial charge in [0.1, 0.15) is 24.9 Å². The minimum Gasteiger partial charge on any atom is -0.463 e. The molecule has 0 aromatic heterocycles. The van der Waals surface area contributed by atoms with Gasteiger partial charge in [-0.05, 0) is 5.41 Å². The van der Waals surface area contributed by atoms with E-state index in [1.165, 1.54) is 21.0 Å². The molecular formula is C14H24O6. The van der Waals surface area contributed by atoms with Crippen LogP contribution in [-0.2, 0) is 28.5 Å². The molecule has 0 N–H and O–H groups in total. The third-order valence-corrected chi connectivity index (χ3v) is 3.19. The Morgan fingerprint density at radius 2 is 1.70 bits per heavy atom. The molecule has 1 saturated heterocycles. The van der Waals surface area contributed by atoms with Crippen molar-refractivity contribution in [1.29, 1.82) is 0 Å². The van der Waals surface area contributed by atoms with Crippen LogP contribution >= 0.6 is 0 Å². The third-order valence-electron chi connectivity index (χ3n) is 3.19. The van der Waals surface area contributed by atoms with E-state index in [2.05, 4.69) is 0 Å². The van der Waals surface area contributed by atoms with Gasteiger partial charge >= 0.3 is 11.9 Å². The Balaban J connectivity index is 2.90. The summed E-state index contributed by atoms with van der Waals surface area (Å²) in [4.78, 5) is 22.2. The van der Waals surface area contributed by atoms with Gasteiger partial charge in [0.15, 0.2) is 6.10 Å². The number of methoxy groups -OCH3 is 1. The molecule has 0 aromatic rings. The second-order valence-electron chi connectivity index (χ2n) is 6.04. The van der Waals surface area contributed by atoms with E-state index in [4.69, 9.17) is 18.9 Å². The van der Waals surface area contributed by atoms with E-state index in [1.54, 1.807) is 0 Å². The third kappa shape index (κ3) is 4.18. The lowest BCUT2D eigenvalue weighted by atomic mass is 9.85. The molecule has 0 radical (unpaired) electrons. The summed E-state index contributed by atoms with van der Waals surface area (Å²) in [5.41, 5.74) is -0.234. The van der Waals surface area contributed by atoms with E-state index in [-0.39, 0.29) is 30.1 Å². The first-order valence-electron chi connectivity index (χ1n) is 6.65. The van der Waals surface area contributed by atoms with Gasteiger partial charge in [-0.1, -0.05) is 20.8 Å². The van der Waals surface area contributed by atoms with E-state index in [0.29, 0.717) is 0 Å². The highest BCUT2D eigenvalue weighted by atomic mass is 16.6. The highest BCUT2D eigenvalue weighted by molar-refractivity contribution is 5.66. The fourth-order valence-electron chi connectivity index (χ4n) is 2.36. The molecule has 4 atom stereocenters. The number of carbonyl (C=O) groups excluding carboxylic acids is 2. The topological polar surface area (TPSA) is 71.1 Å². The molecule has 0 bridgehead atoms. The van der Waals surface area contributed by atoms with E-state index in [9.17, 15) is 9.59 Å². The molecule has 1 aliphatic rings. The molecule has 0 unspecified atom stereocenters. The fraction of sp³-hybridized carbons (Fsp3) is 0.857. The molecule has 6 nitrogen and oxygen atoms in total. The molecule has 0 saturated carbocycles. The van der Waals surface area contributed by atoms with Crippen molar-refractivity contribution in [3.8, 4) is 0 Å². The Hall–Kier alpha value is -1.14. The first-order valence-corrected chi connectivity index (χ1v) is 6.65. The molecule has 6 heteroatoms. The van der Waals surface area contributed by atoms with Gasteiger partial charge in [0, 0.05) is 21.0 Å². The number of hydrogen-bond donors (Lipinski definition) is 0. The molecular weight excluding hydrogens is 264 g/mol. The van der Waals surface area contributed by atoms with Crippen LogP contribution in [0.2, 0.25) is 0 Å². The van der Waals surface area contributed by atoms with Gasteiger partial charge in [-0.3, -0.25) is 9.59 Å². The van der Waals surface area contributed by atoms with Gasteiger partial charge in [0.05, 0.1) is 0 Å². The molecule has 1 aliphatic heterocycles. The zero-order chi connectivity index (χ0) is 15.5. The van der Waals surface area contributed by atoms with Crippen LogP contribution in [0.1, 0.15) is 34.6 Å². The summed E-state index contributed by atoms with van der Waals surface area (Å²) in [5, 5.41) is 0. The Morgan fingerprint density at radius 1 is 1.10 bits per heavy atom. The van der Waals surface area contributed by atoms with Crippen molar-refractivity contribution < 1.29 is 28.5 Å². The van der Waals surface area contributed by atoms with Crippen molar-refractivity contribution in [2.75, 3.05) is 13.7 Å². The number of ether oxygens (including phenoxy) is 4. The highest BCUT2D eigenvalue weighted by Gasteiger charge is 2.51. The number of carbonyl (C=O) groups is 2. The van der Waals surface area contributed by atoms with Crippen LogP contribution in [0.4, 0.5) is 0 Å². The number of esters is 2. The number of rotatable bonds is 4. The van der Waals surface area contributed by atoms with E-state index >= 15 is 0 Å². The van der Waals surface area contributed by atoms with Crippen molar-refractivity contribution in [2.45, 2.75) is 59.0 Å². The summed E-state index contributed by atoms with van der Waals surface area (Å²) in [6.45, 7) is 8.75. The molecule has 0 spiro atoms. The van der Waals surface area contributed by atoms with Gasteiger partial charge in [0.25, 0.3) is 0 Å². The molecule has 0 aromatic carbocycles. The van der Waals surface area contributed by atoms with Crippen LogP contribution in [0, 0.1) is 5.41 Å². The van der Waals surface area contributed by atoms with Gasteiger partial charge in [0.2, 0.25) is 0 Å². The summed E-state index contributed by atoms with van der Waals surface area (Å²) in [7, 11) is 1.52. The molecule has 1 rings (SSSR count). The Morgan fingerprint density at radius 3 is 2.10 bits per heavy atom. The van der Waals surface area contributed by atoms with Crippen LogP contribution in [-0.4, -0.2) is 50.1 Å². The zero-order valence-electron chi connectivity index (χ0n) is 13.0. The molecule has 0 amide bonds. The Labute approximate surface area is 119 Å². The first-order chi connectivity index (χ1) is 9.16. The van der Waals surface area contributed by atoms with Crippen molar-refractivity contribution in [1.82, 2.24) is 0 Å². The van der Waals surface area contributed by atoms with Crippen molar-refractivity contribution in [3.05, 3.63) is 0 Å². The minimum atomic E-state index is -0.516. The summed E-state index contributed by atoms with van der Waals surface area (Å²) >= 11 is 0. The van der Waals surface area contributed by atoms with Gasteiger partial charge in [-0.25, -0.2) is 0 Å².